The predicted molar refractivity (Wildman–Crippen MR) is 67.4 cm³/mol. The molecular weight excluding hydrogens is 252 g/mol. The average Bonchev–Trinajstić information content (AvgIpc) is 2.68. The molecule has 0 radical (unpaired) electrons. The molecule has 1 aliphatic rings. The zero-order chi connectivity index (χ0) is 13.2. The molecule has 5 nitrogen and oxygen atoms in total. The Kier molecular flexibility index (Phi) is 3.68. The van der Waals surface area contributed by atoms with E-state index in [0.29, 0.717) is 19.5 Å². The van der Waals surface area contributed by atoms with Gasteiger partial charge in [-0.3, -0.25) is 4.79 Å². The van der Waals surface area contributed by atoms with Crippen LogP contribution in [0.2, 0.25) is 0 Å². The van der Waals surface area contributed by atoms with Gasteiger partial charge in [0.25, 0.3) is 0 Å². The lowest BCUT2D eigenvalue weighted by Crippen LogP contribution is -2.30. The zero-order valence-electron chi connectivity index (χ0n) is 10.2. The van der Waals surface area contributed by atoms with E-state index < -0.39 is 10.0 Å². The maximum atomic E-state index is 11.9. The van der Waals surface area contributed by atoms with Gasteiger partial charge in [-0.05, 0) is 18.1 Å². The van der Waals surface area contributed by atoms with Crippen LogP contribution < -0.4 is 4.72 Å². The second-order valence-electron chi connectivity index (χ2n) is 4.51. The number of likely N-dealkylation sites (tertiary alicyclic amines) is 1. The number of benzene rings is 1. The highest BCUT2D eigenvalue weighted by molar-refractivity contribution is 7.89. The maximum absolute atomic E-state index is 11.9. The van der Waals surface area contributed by atoms with Gasteiger partial charge in [-0.2, -0.15) is 0 Å². The highest BCUT2D eigenvalue weighted by atomic mass is 32.2. The van der Waals surface area contributed by atoms with E-state index in [1.807, 2.05) is 0 Å². The Labute approximate surface area is 107 Å². The van der Waals surface area contributed by atoms with Gasteiger partial charge in [0.1, 0.15) is 0 Å². The summed E-state index contributed by atoms with van der Waals surface area (Å²) in [6.45, 7) is 0.906. The Morgan fingerprint density at radius 3 is 2.56 bits per heavy atom. The number of hydrogen-bond acceptors (Lipinski definition) is 3. The quantitative estimate of drug-likeness (QED) is 0.862. The second kappa shape index (κ2) is 5.07. The molecule has 0 saturated carbocycles. The Hall–Kier alpha value is -1.40. The molecule has 1 unspecified atom stereocenters. The Balaban J connectivity index is 1.97. The fourth-order valence-corrected chi connectivity index (χ4v) is 3.14. The SMILES string of the molecule is CN1CC(CNS(=O)(=O)c2ccccc2)CC1=O. The molecular formula is C12H16N2O3S. The lowest BCUT2D eigenvalue weighted by Gasteiger charge is -2.11. The van der Waals surface area contributed by atoms with Crippen molar-refractivity contribution in [2.24, 2.45) is 5.92 Å². The van der Waals surface area contributed by atoms with Crippen LogP contribution in [0.3, 0.4) is 0 Å². The Bertz CT molecular complexity index is 528. The van der Waals surface area contributed by atoms with E-state index in [0.717, 1.165) is 0 Å². The molecule has 2 rings (SSSR count). The summed E-state index contributed by atoms with van der Waals surface area (Å²) < 4.78 is 26.4. The van der Waals surface area contributed by atoms with Crippen LogP contribution in [0.25, 0.3) is 0 Å². The number of hydrogen-bond donors (Lipinski definition) is 1. The molecule has 1 saturated heterocycles. The minimum Gasteiger partial charge on any atom is -0.345 e. The van der Waals surface area contributed by atoms with Crippen molar-refractivity contribution < 1.29 is 13.2 Å². The van der Waals surface area contributed by atoms with Crippen LogP contribution in [0.5, 0.6) is 0 Å². The standard InChI is InChI=1S/C12H16N2O3S/c1-14-9-10(7-12(14)15)8-13-18(16,17)11-5-3-2-4-6-11/h2-6,10,13H,7-9H2,1H3. The number of amides is 1. The first kappa shape index (κ1) is 13.0. The number of carbonyl (C=O) groups is 1. The summed E-state index contributed by atoms with van der Waals surface area (Å²) in [5, 5.41) is 0. The molecule has 1 heterocycles. The van der Waals surface area contributed by atoms with E-state index >= 15 is 0 Å². The van der Waals surface area contributed by atoms with E-state index in [4.69, 9.17) is 0 Å². The summed E-state index contributed by atoms with van der Waals surface area (Å²) >= 11 is 0. The number of carbonyl (C=O) groups excluding carboxylic acids is 1. The molecule has 0 aliphatic carbocycles. The van der Waals surface area contributed by atoms with Crippen molar-refractivity contribution in [3.05, 3.63) is 30.3 Å². The summed E-state index contributed by atoms with van der Waals surface area (Å²) in [6.07, 6.45) is 0.411. The second-order valence-corrected chi connectivity index (χ2v) is 6.28. The summed E-state index contributed by atoms with van der Waals surface area (Å²) in [5.74, 6) is 0.125. The van der Waals surface area contributed by atoms with E-state index in [9.17, 15) is 13.2 Å². The molecule has 1 amide bonds. The van der Waals surface area contributed by atoms with Gasteiger partial charge >= 0.3 is 0 Å². The lowest BCUT2D eigenvalue weighted by molar-refractivity contribution is -0.126. The third-order valence-corrected chi connectivity index (χ3v) is 4.48. The van der Waals surface area contributed by atoms with Gasteiger partial charge in [0.15, 0.2) is 0 Å². The van der Waals surface area contributed by atoms with Crippen LogP contribution in [0.4, 0.5) is 0 Å². The van der Waals surface area contributed by atoms with Crippen LogP contribution in [0, 0.1) is 5.92 Å². The van der Waals surface area contributed by atoms with Crippen LogP contribution in [0.15, 0.2) is 35.2 Å². The van der Waals surface area contributed by atoms with E-state index in [1.165, 1.54) is 0 Å². The van der Waals surface area contributed by atoms with Crippen molar-refractivity contribution in [2.75, 3.05) is 20.1 Å². The number of rotatable bonds is 4. The van der Waals surface area contributed by atoms with Crippen molar-refractivity contribution in [2.45, 2.75) is 11.3 Å². The molecule has 1 N–H and O–H groups in total. The first-order valence-electron chi connectivity index (χ1n) is 5.78. The summed E-state index contributed by atoms with van der Waals surface area (Å²) in [4.78, 5) is 13.2. The molecule has 0 spiro atoms. The summed E-state index contributed by atoms with van der Waals surface area (Å²) in [7, 11) is -1.73. The molecule has 1 atom stereocenters. The Morgan fingerprint density at radius 1 is 1.33 bits per heavy atom. The smallest absolute Gasteiger partial charge is 0.240 e. The zero-order valence-corrected chi connectivity index (χ0v) is 11.0. The third kappa shape index (κ3) is 2.88. The minimum atomic E-state index is -3.46. The molecule has 1 aromatic rings. The van der Waals surface area contributed by atoms with Crippen molar-refractivity contribution >= 4 is 15.9 Å². The van der Waals surface area contributed by atoms with Gasteiger partial charge in [0.2, 0.25) is 15.9 Å². The van der Waals surface area contributed by atoms with Gasteiger partial charge in [0.05, 0.1) is 4.90 Å². The van der Waals surface area contributed by atoms with Gasteiger partial charge < -0.3 is 4.90 Å². The molecule has 0 bridgehead atoms. The molecule has 1 aliphatic heterocycles. The molecule has 1 aromatic carbocycles. The van der Waals surface area contributed by atoms with Gasteiger partial charge in [0, 0.05) is 26.6 Å². The van der Waals surface area contributed by atoms with Crippen LogP contribution >= 0.6 is 0 Å². The number of nitrogens with one attached hydrogen (secondary N) is 1. The predicted octanol–water partition coefficient (Wildman–Crippen LogP) is 0.443. The monoisotopic (exact) mass is 268 g/mol. The first-order valence-corrected chi connectivity index (χ1v) is 7.26. The summed E-state index contributed by atoms with van der Waals surface area (Å²) in [5.41, 5.74) is 0. The summed E-state index contributed by atoms with van der Waals surface area (Å²) in [6, 6.07) is 8.23. The Morgan fingerprint density at radius 2 is 2.00 bits per heavy atom. The van der Waals surface area contributed by atoms with Gasteiger partial charge in [-0.15, -0.1) is 0 Å². The van der Waals surface area contributed by atoms with Crippen LogP contribution in [-0.2, 0) is 14.8 Å². The normalized spacial score (nSPS) is 20.4. The largest absolute Gasteiger partial charge is 0.345 e. The third-order valence-electron chi connectivity index (χ3n) is 3.04. The van der Waals surface area contributed by atoms with E-state index in [-0.39, 0.29) is 16.7 Å². The topological polar surface area (TPSA) is 66.5 Å². The highest BCUT2D eigenvalue weighted by Gasteiger charge is 2.27. The fourth-order valence-electron chi connectivity index (χ4n) is 2.00. The fraction of sp³-hybridized carbons (Fsp3) is 0.417. The first-order chi connectivity index (χ1) is 8.49. The highest BCUT2D eigenvalue weighted by Crippen LogP contribution is 2.16. The molecule has 18 heavy (non-hydrogen) atoms. The lowest BCUT2D eigenvalue weighted by atomic mass is 10.1. The number of nitrogens with zero attached hydrogens (tertiary/aromatic N) is 1. The van der Waals surface area contributed by atoms with Crippen LogP contribution in [-0.4, -0.2) is 39.4 Å². The molecule has 1 fully saturated rings. The van der Waals surface area contributed by atoms with Crippen molar-refractivity contribution in [3.8, 4) is 0 Å². The molecule has 0 aromatic heterocycles. The van der Waals surface area contributed by atoms with E-state index in [1.54, 1.807) is 42.3 Å². The molecule has 6 heteroatoms. The van der Waals surface area contributed by atoms with Crippen molar-refractivity contribution in [1.82, 2.24) is 9.62 Å². The molecule has 98 valence electrons. The number of sulfonamides is 1. The van der Waals surface area contributed by atoms with E-state index in [2.05, 4.69) is 4.72 Å². The minimum absolute atomic E-state index is 0.0565. The maximum Gasteiger partial charge on any atom is 0.240 e. The van der Waals surface area contributed by atoms with Crippen LogP contribution in [0.1, 0.15) is 6.42 Å². The van der Waals surface area contributed by atoms with Crippen molar-refractivity contribution in [3.63, 3.8) is 0 Å². The van der Waals surface area contributed by atoms with Gasteiger partial charge in [-0.25, -0.2) is 13.1 Å². The van der Waals surface area contributed by atoms with Gasteiger partial charge in [-0.1, -0.05) is 18.2 Å². The van der Waals surface area contributed by atoms with Crippen molar-refractivity contribution in [1.29, 1.82) is 0 Å². The average molecular weight is 268 g/mol.